The molecule has 0 atom stereocenters. The van der Waals surface area contributed by atoms with Gasteiger partial charge in [-0.2, -0.15) is 0 Å². The molecule has 0 unspecified atom stereocenters. The van der Waals surface area contributed by atoms with Gasteiger partial charge in [0, 0.05) is 17.8 Å². The van der Waals surface area contributed by atoms with E-state index in [-0.39, 0.29) is 17.6 Å². The lowest BCUT2D eigenvalue weighted by Crippen LogP contribution is -2.38. The molecule has 1 aromatic rings. The minimum absolute atomic E-state index is 0.233. The summed E-state index contributed by atoms with van der Waals surface area (Å²) in [5.41, 5.74) is 7.08. The number of nitrogens with two attached hydrogens (primary N) is 1. The minimum atomic E-state index is -0.946. The van der Waals surface area contributed by atoms with Gasteiger partial charge >= 0.3 is 5.97 Å². The molecule has 1 aromatic carbocycles. The number of carboxylic acid groups (broad SMARTS) is 1. The molecular weight excluding hydrogens is 216 g/mol. The first-order valence-corrected chi connectivity index (χ1v) is 5.75. The standard InChI is InChI=1S/C13H20N2O2/c1-8(2)15(9(3)4)12-6-5-10(14)7-11(12)13(16)17/h5-9H,14H2,1-4H3,(H,16,17). The Hall–Kier alpha value is -1.71. The molecule has 0 aliphatic carbocycles. The molecule has 0 aliphatic heterocycles. The molecule has 0 saturated carbocycles. The number of carboxylic acids is 1. The topological polar surface area (TPSA) is 66.6 Å². The van der Waals surface area contributed by atoms with Crippen LogP contribution >= 0.6 is 0 Å². The molecule has 0 heterocycles. The van der Waals surface area contributed by atoms with Gasteiger partial charge in [-0.3, -0.25) is 0 Å². The van der Waals surface area contributed by atoms with Gasteiger partial charge in [0.2, 0.25) is 0 Å². The Bertz CT molecular complexity index is 406. The summed E-state index contributed by atoms with van der Waals surface area (Å²) in [4.78, 5) is 13.3. The highest BCUT2D eigenvalue weighted by atomic mass is 16.4. The van der Waals surface area contributed by atoms with Crippen LogP contribution in [0.15, 0.2) is 18.2 Å². The number of nitrogens with zero attached hydrogens (tertiary/aromatic N) is 1. The van der Waals surface area contributed by atoms with Gasteiger partial charge in [0.05, 0.1) is 11.3 Å². The molecule has 0 saturated heterocycles. The third-order valence-corrected chi connectivity index (χ3v) is 2.64. The zero-order valence-corrected chi connectivity index (χ0v) is 10.8. The molecule has 0 aliphatic rings. The second kappa shape index (κ2) is 5.08. The van der Waals surface area contributed by atoms with E-state index in [1.807, 2.05) is 27.7 Å². The van der Waals surface area contributed by atoms with Gasteiger partial charge in [-0.1, -0.05) is 0 Å². The summed E-state index contributed by atoms with van der Waals surface area (Å²) in [7, 11) is 0. The molecule has 0 aromatic heterocycles. The molecule has 4 heteroatoms. The van der Waals surface area contributed by atoms with E-state index in [2.05, 4.69) is 4.90 Å². The highest BCUT2D eigenvalue weighted by Crippen LogP contribution is 2.26. The number of anilines is 2. The summed E-state index contributed by atoms with van der Waals surface area (Å²) in [5, 5.41) is 9.22. The maximum atomic E-state index is 11.2. The van der Waals surface area contributed by atoms with Gasteiger partial charge in [-0.25, -0.2) is 4.79 Å². The number of benzene rings is 1. The zero-order chi connectivity index (χ0) is 13.2. The van der Waals surface area contributed by atoms with E-state index in [0.29, 0.717) is 5.69 Å². The molecule has 0 bridgehead atoms. The molecule has 17 heavy (non-hydrogen) atoms. The highest BCUT2D eigenvalue weighted by Gasteiger charge is 2.20. The Kier molecular flexibility index (Phi) is 3.99. The number of hydrogen-bond donors (Lipinski definition) is 2. The third kappa shape index (κ3) is 2.90. The second-order valence-electron chi connectivity index (χ2n) is 4.68. The van der Waals surface area contributed by atoms with Crippen molar-refractivity contribution in [2.75, 3.05) is 10.6 Å². The van der Waals surface area contributed by atoms with E-state index in [1.165, 1.54) is 6.07 Å². The molecule has 94 valence electrons. The zero-order valence-electron chi connectivity index (χ0n) is 10.8. The smallest absolute Gasteiger partial charge is 0.337 e. The number of aromatic carboxylic acids is 1. The molecule has 0 radical (unpaired) electrons. The lowest BCUT2D eigenvalue weighted by Gasteiger charge is -2.34. The summed E-state index contributed by atoms with van der Waals surface area (Å²) in [6.07, 6.45) is 0. The molecular formula is C13H20N2O2. The van der Waals surface area contributed by atoms with E-state index in [9.17, 15) is 9.90 Å². The van der Waals surface area contributed by atoms with Crippen LogP contribution in [0.2, 0.25) is 0 Å². The van der Waals surface area contributed by atoms with Crippen molar-refractivity contribution in [1.82, 2.24) is 0 Å². The van der Waals surface area contributed by atoms with E-state index in [4.69, 9.17) is 5.73 Å². The van der Waals surface area contributed by atoms with Crippen molar-refractivity contribution in [2.45, 2.75) is 39.8 Å². The summed E-state index contributed by atoms with van der Waals surface area (Å²) in [6, 6.07) is 5.49. The maximum Gasteiger partial charge on any atom is 0.337 e. The molecule has 3 N–H and O–H groups in total. The number of hydrogen-bond acceptors (Lipinski definition) is 3. The monoisotopic (exact) mass is 236 g/mol. The second-order valence-corrected chi connectivity index (χ2v) is 4.68. The number of nitrogen functional groups attached to an aromatic ring is 1. The van der Waals surface area contributed by atoms with Gasteiger partial charge in [-0.15, -0.1) is 0 Å². The average molecular weight is 236 g/mol. The van der Waals surface area contributed by atoms with Crippen LogP contribution in [-0.4, -0.2) is 23.2 Å². The van der Waals surface area contributed by atoms with E-state index in [0.717, 1.165) is 5.69 Å². The SMILES string of the molecule is CC(C)N(c1ccc(N)cc1C(=O)O)C(C)C. The van der Waals surface area contributed by atoms with Crippen LogP contribution < -0.4 is 10.6 Å². The van der Waals surface area contributed by atoms with Crippen LogP contribution in [0.1, 0.15) is 38.1 Å². The Morgan fingerprint density at radius 3 is 2.18 bits per heavy atom. The Morgan fingerprint density at radius 1 is 1.24 bits per heavy atom. The van der Waals surface area contributed by atoms with Crippen molar-refractivity contribution in [3.63, 3.8) is 0 Å². The third-order valence-electron chi connectivity index (χ3n) is 2.64. The first-order valence-electron chi connectivity index (χ1n) is 5.75. The Balaban J connectivity index is 3.32. The van der Waals surface area contributed by atoms with Gasteiger partial charge in [0.25, 0.3) is 0 Å². The lowest BCUT2D eigenvalue weighted by molar-refractivity contribution is 0.0697. The van der Waals surface area contributed by atoms with Gasteiger partial charge in [-0.05, 0) is 45.9 Å². The Labute approximate surface area is 102 Å². The molecule has 0 amide bonds. The average Bonchev–Trinajstić information content (AvgIpc) is 2.19. The van der Waals surface area contributed by atoms with Crippen LogP contribution in [0.25, 0.3) is 0 Å². The summed E-state index contributed by atoms with van der Waals surface area (Å²) in [5.74, 6) is -0.946. The van der Waals surface area contributed by atoms with Crippen molar-refractivity contribution in [3.05, 3.63) is 23.8 Å². The van der Waals surface area contributed by atoms with Gasteiger partial charge in [0.1, 0.15) is 0 Å². The van der Waals surface area contributed by atoms with E-state index < -0.39 is 5.97 Å². The summed E-state index contributed by atoms with van der Waals surface area (Å²) in [6.45, 7) is 8.17. The van der Waals surface area contributed by atoms with E-state index in [1.54, 1.807) is 12.1 Å². The number of carbonyl (C=O) groups is 1. The summed E-state index contributed by atoms with van der Waals surface area (Å²) >= 11 is 0. The fourth-order valence-electron chi connectivity index (χ4n) is 2.10. The molecule has 4 nitrogen and oxygen atoms in total. The molecule has 0 spiro atoms. The van der Waals surface area contributed by atoms with Crippen LogP contribution in [0, 0.1) is 0 Å². The quantitative estimate of drug-likeness (QED) is 0.788. The van der Waals surface area contributed by atoms with Gasteiger partial charge < -0.3 is 15.7 Å². The molecule has 1 rings (SSSR count). The van der Waals surface area contributed by atoms with Crippen molar-refractivity contribution >= 4 is 17.3 Å². The van der Waals surface area contributed by atoms with Crippen molar-refractivity contribution in [3.8, 4) is 0 Å². The first kappa shape index (κ1) is 13.4. The molecule has 0 fully saturated rings. The lowest BCUT2D eigenvalue weighted by atomic mass is 10.1. The largest absolute Gasteiger partial charge is 0.478 e. The van der Waals surface area contributed by atoms with Crippen molar-refractivity contribution in [1.29, 1.82) is 0 Å². The fraction of sp³-hybridized carbons (Fsp3) is 0.462. The Morgan fingerprint density at radius 2 is 1.76 bits per heavy atom. The maximum absolute atomic E-state index is 11.2. The van der Waals surface area contributed by atoms with E-state index >= 15 is 0 Å². The highest BCUT2D eigenvalue weighted by molar-refractivity contribution is 5.95. The predicted molar refractivity (Wildman–Crippen MR) is 70.6 cm³/mol. The van der Waals surface area contributed by atoms with Crippen LogP contribution in [-0.2, 0) is 0 Å². The first-order chi connectivity index (χ1) is 7.84. The van der Waals surface area contributed by atoms with Crippen LogP contribution in [0.3, 0.4) is 0 Å². The minimum Gasteiger partial charge on any atom is -0.478 e. The van der Waals surface area contributed by atoms with Crippen LogP contribution in [0.4, 0.5) is 11.4 Å². The number of rotatable bonds is 4. The van der Waals surface area contributed by atoms with Crippen molar-refractivity contribution < 1.29 is 9.90 Å². The predicted octanol–water partition coefficient (Wildman–Crippen LogP) is 2.59. The fourth-order valence-corrected chi connectivity index (χ4v) is 2.10. The van der Waals surface area contributed by atoms with Crippen LogP contribution in [0.5, 0.6) is 0 Å². The normalized spacial score (nSPS) is 10.9. The van der Waals surface area contributed by atoms with Crippen molar-refractivity contribution in [2.24, 2.45) is 0 Å². The van der Waals surface area contributed by atoms with Gasteiger partial charge in [0.15, 0.2) is 0 Å². The summed E-state index contributed by atoms with van der Waals surface area (Å²) < 4.78 is 0.